The molecule has 0 saturated heterocycles. The molecule has 0 fully saturated rings. The summed E-state index contributed by atoms with van der Waals surface area (Å²) in [6.45, 7) is 8.19. The summed E-state index contributed by atoms with van der Waals surface area (Å²) < 4.78 is 33.9. The lowest BCUT2D eigenvalue weighted by atomic mass is 9.74. The van der Waals surface area contributed by atoms with Crippen LogP contribution < -0.4 is 21.1 Å². The summed E-state index contributed by atoms with van der Waals surface area (Å²) in [5, 5.41) is 23.5. The zero-order valence-electron chi connectivity index (χ0n) is 27.9. The Bertz CT molecular complexity index is 1760. The molecule has 0 aliphatic carbocycles. The van der Waals surface area contributed by atoms with Gasteiger partial charge in [-0.3, -0.25) is 15.0 Å². The average molecular weight is 682 g/mol. The van der Waals surface area contributed by atoms with Crippen LogP contribution in [0, 0.1) is 22.7 Å². The maximum absolute atomic E-state index is 13.5. The van der Waals surface area contributed by atoms with Crippen LogP contribution >= 0.6 is 0 Å². The van der Waals surface area contributed by atoms with E-state index in [9.17, 15) is 27.9 Å². The molecule has 6 N–H and O–H groups in total. The summed E-state index contributed by atoms with van der Waals surface area (Å²) in [5.41, 5.74) is 5.49. The minimum absolute atomic E-state index is 0.0261. The molecule has 2 amide bonds. The maximum atomic E-state index is 13.5. The van der Waals surface area contributed by atoms with Crippen molar-refractivity contribution < 1.29 is 36.8 Å². The number of aliphatic hydroxyl groups is 1. The lowest BCUT2D eigenvalue weighted by Gasteiger charge is -2.35. The Labute approximate surface area is 280 Å². The summed E-state index contributed by atoms with van der Waals surface area (Å²) >= 11 is 0. The number of nitrogens with one attached hydrogen (secondary N) is 3. The number of hydrogen-bond acceptors (Lipinski definition) is 10. The number of rotatable bonds is 15. The summed E-state index contributed by atoms with van der Waals surface area (Å²) in [6, 6.07) is 13.1. The van der Waals surface area contributed by atoms with Crippen molar-refractivity contribution >= 4 is 39.4 Å². The molecular weight excluding hydrogens is 638 g/mol. The Balaban J connectivity index is 2.08. The van der Waals surface area contributed by atoms with Crippen molar-refractivity contribution in [2.45, 2.75) is 40.5 Å². The van der Waals surface area contributed by atoms with E-state index in [1.165, 1.54) is 37.4 Å². The molecule has 0 radical (unpaired) electrons. The summed E-state index contributed by atoms with van der Waals surface area (Å²) in [6.07, 6.45) is 2.05. The predicted molar refractivity (Wildman–Crippen MR) is 183 cm³/mol. The van der Waals surface area contributed by atoms with Crippen LogP contribution in [0.1, 0.15) is 77.3 Å². The molecule has 1 heterocycles. The molecule has 0 atom stereocenters. The van der Waals surface area contributed by atoms with E-state index in [0.29, 0.717) is 30.3 Å². The van der Waals surface area contributed by atoms with Crippen molar-refractivity contribution in [3.05, 3.63) is 77.0 Å². The highest BCUT2D eigenvalue weighted by Gasteiger charge is 2.32. The molecule has 0 aliphatic rings. The summed E-state index contributed by atoms with van der Waals surface area (Å²) in [7, 11) is -2.90. The van der Waals surface area contributed by atoms with Crippen molar-refractivity contribution in [2.75, 3.05) is 31.8 Å². The molecule has 3 aromatic rings. The first-order valence-corrected chi connectivity index (χ1v) is 17.1. The first-order chi connectivity index (χ1) is 22.5. The number of aromatic nitrogens is 1. The van der Waals surface area contributed by atoms with E-state index >= 15 is 0 Å². The van der Waals surface area contributed by atoms with E-state index in [4.69, 9.17) is 20.1 Å². The lowest BCUT2D eigenvalue weighted by molar-refractivity contribution is 0.0687. The van der Waals surface area contributed by atoms with Gasteiger partial charge in [0.05, 0.1) is 25.5 Å². The number of nitrogens with two attached hydrogens (primary N) is 1. The van der Waals surface area contributed by atoms with Crippen LogP contribution in [0.2, 0.25) is 0 Å². The van der Waals surface area contributed by atoms with Gasteiger partial charge in [-0.1, -0.05) is 33.8 Å². The number of anilines is 1. The first-order valence-electron chi connectivity index (χ1n) is 15.3. The molecule has 48 heavy (non-hydrogen) atoms. The Morgan fingerprint density at radius 1 is 0.938 bits per heavy atom. The number of methoxy groups -OCH3 is 1. The monoisotopic (exact) mass is 681 g/mol. The zero-order valence-corrected chi connectivity index (χ0v) is 28.7. The van der Waals surface area contributed by atoms with Crippen molar-refractivity contribution in [2.24, 2.45) is 23.0 Å². The van der Waals surface area contributed by atoms with E-state index in [1.807, 2.05) is 27.7 Å². The van der Waals surface area contributed by atoms with Gasteiger partial charge in [-0.2, -0.15) is 8.42 Å². The fourth-order valence-corrected chi connectivity index (χ4v) is 6.02. The van der Waals surface area contributed by atoms with Gasteiger partial charge in [0, 0.05) is 40.4 Å². The van der Waals surface area contributed by atoms with E-state index in [0.717, 1.165) is 0 Å². The van der Waals surface area contributed by atoms with Crippen LogP contribution in [-0.2, 0) is 14.3 Å². The quantitative estimate of drug-likeness (QED) is 0.0876. The fourth-order valence-electron chi connectivity index (χ4n) is 5.65. The van der Waals surface area contributed by atoms with Gasteiger partial charge in [0.2, 0.25) is 5.88 Å². The van der Waals surface area contributed by atoms with Gasteiger partial charge in [-0.15, -0.1) is 0 Å². The second-order valence-electron chi connectivity index (χ2n) is 12.6. The second-order valence-corrected chi connectivity index (χ2v) is 14.1. The topological polar surface area (TPSA) is 211 Å². The standard InChI is InChI=1S/C34H43N5O8S/c1-20(2)16-34(19-40,17-21(3)4)18-37-31(41)23-9-12-25(27(15-23)33(43)47-48(6,44)45)26-13-14-28(46-5)39-29(26)32(42)38-24-10-7-22(8-11-24)30(35)36/h7-15,20-21,40H,16-19H2,1-6H3,(H3,35,36)(H,37,41)(H,38,42). The van der Waals surface area contributed by atoms with Crippen molar-refractivity contribution in [1.29, 1.82) is 5.41 Å². The normalized spacial score (nSPS) is 11.7. The number of nitrogen functional groups attached to an aromatic ring is 1. The highest BCUT2D eigenvalue weighted by molar-refractivity contribution is 7.86. The smallest absolute Gasteiger partial charge is 0.354 e. The Morgan fingerprint density at radius 2 is 1.52 bits per heavy atom. The molecular formula is C34H43N5O8S. The third kappa shape index (κ3) is 10.1. The molecule has 3 rings (SSSR count). The minimum atomic E-state index is -4.26. The van der Waals surface area contributed by atoms with Gasteiger partial charge in [0.15, 0.2) is 0 Å². The predicted octanol–water partition coefficient (Wildman–Crippen LogP) is 4.21. The molecule has 0 spiro atoms. The van der Waals surface area contributed by atoms with Crippen LogP contribution in [-0.4, -0.2) is 68.6 Å². The van der Waals surface area contributed by atoms with Crippen molar-refractivity contribution in [1.82, 2.24) is 10.3 Å². The van der Waals surface area contributed by atoms with Crippen molar-refractivity contribution in [3.63, 3.8) is 0 Å². The van der Waals surface area contributed by atoms with Crippen molar-refractivity contribution in [3.8, 4) is 17.0 Å². The number of aliphatic hydroxyl groups excluding tert-OH is 1. The number of carbonyl (C=O) groups is 3. The van der Waals surface area contributed by atoms with E-state index in [1.54, 1.807) is 24.3 Å². The van der Waals surface area contributed by atoms with Crippen LogP contribution in [0.15, 0.2) is 54.6 Å². The average Bonchev–Trinajstić information content (AvgIpc) is 3.01. The zero-order chi connectivity index (χ0) is 35.8. The Kier molecular flexibility index (Phi) is 12.4. The third-order valence-electron chi connectivity index (χ3n) is 7.41. The highest BCUT2D eigenvalue weighted by Crippen LogP contribution is 2.34. The lowest BCUT2D eigenvalue weighted by Crippen LogP contribution is -2.42. The number of benzene rings is 2. The minimum Gasteiger partial charge on any atom is -0.481 e. The number of ether oxygens (including phenoxy) is 1. The van der Waals surface area contributed by atoms with Crippen LogP contribution in [0.3, 0.4) is 0 Å². The second kappa shape index (κ2) is 15.8. The Hall–Kier alpha value is -4.82. The SMILES string of the molecule is COc1ccc(-c2ccc(C(=O)NCC(CO)(CC(C)C)CC(C)C)cc2C(=O)OS(C)(=O)=O)c(C(=O)Nc2ccc(C(=N)N)cc2)n1. The number of amidine groups is 1. The molecule has 13 nitrogen and oxygen atoms in total. The fraction of sp³-hybridized carbons (Fsp3) is 0.382. The summed E-state index contributed by atoms with van der Waals surface area (Å²) in [4.78, 5) is 44.6. The Morgan fingerprint density at radius 3 is 2.04 bits per heavy atom. The largest absolute Gasteiger partial charge is 0.481 e. The molecule has 258 valence electrons. The third-order valence-corrected chi connectivity index (χ3v) is 7.86. The molecule has 0 aliphatic heterocycles. The molecule has 14 heteroatoms. The molecule has 0 unspecified atom stereocenters. The summed E-state index contributed by atoms with van der Waals surface area (Å²) in [5.74, 6) is -2.06. The number of carbonyl (C=O) groups excluding carboxylic acids is 3. The molecule has 0 bridgehead atoms. The van der Waals surface area contributed by atoms with Gasteiger partial charge < -0.3 is 30.4 Å². The van der Waals surface area contributed by atoms with Gasteiger partial charge in [-0.25, -0.2) is 9.78 Å². The maximum Gasteiger partial charge on any atom is 0.354 e. The number of pyridine rings is 1. The molecule has 2 aromatic carbocycles. The van der Waals surface area contributed by atoms with Crippen LogP contribution in [0.5, 0.6) is 5.88 Å². The molecule has 0 saturated carbocycles. The van der Waals surface area contributed by atoms with Crippen LogP contribution in [0.4, 0.5) is 5.69 Å². The van der Waals surface area contributed by atoms with E-state index in [-0.39, 0.29) is 64.7 Å². The van der Waals surface area contributed by atoms with Gasteiger partial charge in [0.1, 0.15) is 11.5 Å². The number of amides is 2. The number of nitrogens with zero attached hydrogens (tertiary/aromatic N) is 1. The van der Waals surface area contributed by atoms with E-state index < -0.39 is 33.3 Å². The molecule has 1 aromatic heterocycles. The van der Waals surface area contributed by atoms with E-state index in [2.05, 4.69) is 15.6 Å². The highest BCUT2D eigenvalue weighted by atomic mass is 32.2. The van der Waals surface area contributed by atoms with Crippen LogP contribution in [0.25, 0.3) is 11.1 Å². The van der Waals surface area contributed by atoms with Gasteiger partial charge in [0.25, 0.3) is 11.8 Å². The van der Waals surface area contributed by atoms with Gasteiger partial charge >= 0.3 is 16.1 Å². The van der Waals surface area contributed by atoms with Gasteiger partial charge in [-0.05, 0) is 72.7 Å². The first kappa shape index (κ1) is 37.6. The number of hydrogen-bond donors (Lipinski definition) is 5.